The molecule has 0 amide bonds. The van der Waals surface area contributed by atoms with Crippen molar-refractivity contribution in [2.45, 2.75) is 130 Å². The van der Waals surface area contributed by atoms with Gasteiger partial charge in [0.05, 0.1) is 0 Å². The minimum atomic E-state index is -0.701. The number of hydrogen-bond acceptors (Lipinski definition) is 4. The lowest BCUT2D eigenvalue weighted by Gasteiger charge is -2.18. The molecule has 0 heterocycles. The molecule has 4 heteroatoms. The highest BCUT2D eigenvalue weighted by Crippen LogP contribution is 2.14. The first-order chi connectivity index (χ1) is 12.6. The molecule has 0 unspecified atom stereocenters. The topological polar surface area (TPSA) is 52.6 Å². The van der Waals surface area contributed by atoms with Gasteiger partial charge in [-0.2, -0.15) is 0 Å². The smallest absolute Gasteiger partial charge is 0.308 e. The molecule has 0 aromatic heterocycles. The molecule has 0 aromatic rings. The zero-order valence-corrected chi connectivity index (χ0v) is 17.5. The average Bonchev–Trinajstić information content (AvgIpc) is 2.61. The summed E-state index contributed by atoms with van der Waals surface area (Å²) in [5.41, 5.74) is 0. The van der Waals surface area contributed by atoms with Gasteiger partial charge in [0, 0.05) is 19.3 Å². The second kappa shape index (κ2) is 18.7. The third-order valence-corrected chi connectivity index (χ3v) is 4.54. The van der Waals surface area contributed by atoms with E-state index in [1.165, 1.54) is 25.7 Å². The molecule has 0 saturated carbocycles. The van der Waals surface area contributed by atoms with Crippen LogP contribution in [0.15, 0.2) is 0 Å². The maximum Gasteiger partial charge on any atom is 0.308 e. The van der Waals surface area contributed by atoms with Crippen LogP contribution in [-0.4, -0.2) is 18.2 Å². The monoisotopic (exact) mass is 370 g/mol. The molecule has 0 aliphatic rings. The first kappa shape index (κ1) is 24.9. The molecule has 0 atom stereocenters. The molecular weight excluding hydrogens is 328 g/mol. The summed E-state index contributed by atoms with van der Waals surface area (Å²) in [6, 6.07) is 0. The van der Waals surface area contributed by atoms with Gasteiger partial charge in [-0.05, 0) is 19.3 Å². The molecule has 0 saturated heterocycles. The van der Waals surface area contributed by atoms with Crippen LogP contribution in [0.2, 0.25) is 0 Å². The normalized spacial score (nSPS) is 10.9. The zero-order chi connectivity index (χ0) is 19.5. The van der Waals surface area contributed by atoms with Gasteiger partial charge in [-0.25, -0.2) is 0 Å². The predicted octanol–water partition coefficient (Wildman–Crippen LogP) is 6.70. The third-order valence-electron chi connectivity index (χ3n) is 4.54. The van der Waals surface area contributed by atoms with Crippen LogP contribution < -0.4 is 0 Å². The van der Waals surface area contributed by atoms with Gasteiger partial charge in [-0.3, -0.25) is 9.59 Å². The Bertz CT molecular complexity index is 313. The van der Waals surface area contributed by atoms with E-state index in [0.29, 0.717) is 19.3 Å². The number of rotatable bonds is 18. The predicted molar refractivity (Wildman–Crippen MR) is 107 cm³/mol. The maximum atomic E-state index is 12.0. The number of ether oxygens (including phenoxy) is 2. The van der Waals surface area contributed by atoms with Crippen molar-refractivity contribution in [3.63, 3.8) is 0 Å². The van der Waals surface area contributed by atoms with E-state index in [-0.39, 0.29) is 11.9 Å². The number of hydrogen-bond donors (Lipinski definition) is 0. The summed E-state index contributed by atoms with van der Waals surface area (Å²) < 4.78 is 10.9. The Balaban J connectivity index is 4.11. The van der Waals surface area contributed by atoms with Crippen molar-refractivity contribution < 1.29 is 19.1 Å². The summed E-state index contributed by atoms with van der Waals surface area (Å²) >= 11 is 0. The van der Waals surface area contributed by atoms with E-state index in [2.05, 4.69) is 20.8 Å². The molecule has 0 fully saturated rings. The van der Waals surface area contributed by atoms with Crippen LogP contribution >= 0.6 is 0 Å². The van der Waals surface area contributed by atoms with Crippen LogP contribution in [0.1, 0.15) is 124 Å². The van der Waals surface area contributed by atoms with Gasteiger partial charge in [0.2, 0.25) is 6.29 Å². The fourth-order valence-corrected chi connectivity index (χ4v) is 2.86. The highest BCUT2D eigenvalue weighted by Gasteiger charge is 2.18. The van der Waals surface area contributed by atoms with Gasteiger partial charge in [0.25, 0.3) is 0 Å². The number of carbonyl (C=O) groups is 2. The van der Waals surface area contributed by atoms with Crippen molar-refractivity contribution in [3.8, 4) is 0 Å². The molecule has 26 heavy (non-hydrogen) atoms. The lowest BCUT2D eigenvalue weighted by Crippen LogP contribution is -2.24. The van der Waals surface area contributed by atoms with E-state index in [9.17, 15) is 9.59 Å². The Kier molecular flexibility index (Phi) is 18.0. The van der Waals surface area contributed by atoms with Crippen LogP contribution in [0.25, 0.3) is 0 Å². The summed E-state index contributed by atoms with van der Waals surface area (Å²) in [4.78, 5) is 24.0. The molecule has 0 spiro atoms. The molecule has 0 aliphatic heterocycles. The van der Waals surface area contributed by atoms with Crippen molar-refractivity contribution in [1.82, 2.24) is 0 Å². The highest BCUT2D eigenvalue weighted by atomic mass is 16.7. The first-order valence-electron chi connectivity index (χ1n) is 11.0. The summed E-state index contributed by atoms with van der Waals surface area (Å²) in [5.74, 6) is -0.475. The molecule has 0 radical (unpaired) electrons. The van der Waals surface area contributed by atoms with Crippen LogP contribution in [0.3, 0.4) is 0 Å². The minimum Gasteiger partial charge on any atom is -0.425 e. The molecule has 0 aromatic carbocycles. The van der Waals surface area contributed by atoms with E-state index in [4.69, 9.17) is 9.47 Å². The fraction of sp³-hybridized carbons (Fsp3) is 0.909. The Hall–Kier alpha value is -1.06. The fourth-order valence-electron chi connectivity index (χ4n) is 2.86. The van der Waals surface area contributed by atoms with Gasteiger partial charge >= 0.3 is 11.9 Å². The third kappa shape index (κ3) is 16.4. The summed E-state index contributed by atoms with van der Waals surface area (Å²) in [5, 5.41) is 0. The Morgan fingerprint density at radius 1 is 0.577 bits per heavy atom. The van der Waals surface area contributed by atoms with E-state index >= 15 is 0 Å². The van der Waals surface area contributed by atoms with E-state index in [1.807, 2.05) is 0 Å². The molecule has 0 rings (SSSR count). The molecule has 0 aliphatic carbocycles. The Morgan fingerprint density at radius 3 is 1.38 bits per heavy atom. The Labute approximate surface area is 161 Å². The molecule has 154 valence electrons. The van der Waals surface area contributed by atoms with Gasteiger partial charge in [0.15, 0.2) is 0 Å². The minimum absolute atomic E-state index is 0.237. The van der Waals surface area contributed by atoms with Gasteiger partial charge in [-0.15, -0.1) is 0 Å². The second-order valence-electron chi connectivity index (χ2n) is 7.23. The van der Waals surface area contributed by atoms with E-state index in [0.717, 1.165) is 57.8 Å². The van der Waals surface area contributed by atoms with Crippen molar-refractivity contribution in [2.24, 2.45) is 0 Å². The largest absolute Gasteiger partial charge is 0.425 e. The lowest BCUT2D eigenvalue weighted by molar-refractivity contribution is -0.189. The van der Waals surface area contributed by atoms with Gasteiger partial charge < -0.3 is 9.47 Å². The maximum absolute atomic E-state index is 12.0. The summed E-state index contributed by atoms with van der Waals surface area (Å²) in [6.07, 6.45) is 14.8. The van der Waals surface area contributed by atoms with E-state index in [1.54, 1.807) is 0 Å². The van der Waals surface area contributed by atoms with Crippen LogP contribution in [0, 0.1) is 0 Å². The van der Waals surface area contributed by atoms with Crippen molar-refractivity contribution in [3.05, 3.63) is 0 Å². The quantitative estimate of drug-likeness (QED) is 0.153. The SMILES string of the molecule is CCCCCCCC(=O)OC(CCCCC)OC(=O)CCCCCCC. The second-order valence-corrected chi connectivity index (χ2v) is 7.23. The summed E-state index contributed by atoms with van der Waals surface area (Å²) in [6.45, 7) is 6.47. The number of esters is 2. The lowest BCUT2D eigenvalue weighted by atomic mass is 10.1. The number of carbonyl (C=O) groups excluding carboxylic acids is 2. The van der Waals surface area contributed by atoms with Crippen LogP contribution in [0.5, 0.6) is 0 Å². The van der Waals surface area contributed by atoms with E-state index < -0.39 is 6.29 Å². The highest BCUT2D eigenvalue weighted by molar-refractivity contribution is 5.71. The van der Waals surface area contributed by atoms with Crippen molar-refractivity contribution in [1.29, 1.82) is 0 Å². The Morgan fingerprint density at radius 2 is 0.962 bits per heavy atom. The van der Waals surface area contributed by atoms with Crippen molar-refractivity contribution >= 4 is 11.9 Å². The molecule has 0 N–H and O–H groups in total. The molecule has 4 nitrogen and oxygen atoms in total. The van der Waals surface area contributed by atoms with Crippen LogP contribution in [-0.2, 0) is 19.1 Å². The average molecular weight is 371 g/mol. The number of unbranched alkanes of at least 4 members (excludes halogenated alkanes) is 10. The van der Waals surface area contributed by atoms with Crippen molar-refractivity contribution in [2.75, 3.05) is 0 Å². The zero-order valence-electron chi connectivity index (χ0n) is 17.5. The van der Waals surface area contributed by atoms with Crippen LogP contribution in [0.4, 0.5) is 0 Å². The van der Waals surface area contributed by atoms with Gasteiger partial charge in [-0.1, -0.05) is 85.0 Å². The standard InChI is InChI=1S/C22H42O4/c1-4-7-10-12-15-17-20(23)25-22(19-14-9-6-3)26-21(24)18-16-13-11-8-5-2/h22H,4-19H2,1-3H3. The molecular formula is C22H42O4. The first-order valence-corrected chi connectivity index (χ1v) is 11.0. The summed E-state index contributed by atoms with van der Waals surface area (Å²) in [7, 11) is 0. The molecule has 0 bridgehead atoms. The van der Waals surface area contributed by atoms with Gasteiger partial charge in [0.1, 0.15) is 0 Å².